The van der Waals surface area contributed by atoms with E-state index in [0.717, 1.165) is 0 Å². The molecule has 0 bridgehead atoms. The van der Waals surface area contributed by atoms with Gasteiger partial charge in [0.2, 0.25) is 0 Å². The minimum atomic E-state index is -6.63. The van der Waals surface area contributed by atoms with Crippen LogP contribution in [0.2, 0.25) is 0 Å². The Hall–Kier alpha value is -0.690. The Morgan fingerprint density at radius 2 is 1.95 bits per heavy atom. The van der Waals surface area contributed by atoms with Crippen LogP contribution in [0.15, 0.2) is 12.4 Å². The predicted molar refractivity (Wildman–Crippen MR) is 57.2 cm³/mol. The standard InChI is InChI=1S/C9H10F4N2O5S.Na/c1-15-3-2-14-6(15)5-20-7(16)4-8(10,11)9(12,13)21(17,18)19;/h2-3H,4-5H2,1H3,(H,17,18,19);/q;+1/p-1. The summed E-state index contributed by atoms with van der Waals surface area (Å²) >= 11 is 0. The Balaban J connectivity index is 0.00000441. The van der Waals surface area contributed by atoms with Gasteiger partial charge in [0, 0.05) is 19.4 Å². The Morgan fingerprint density at radius 1 is 1.41 bits per heavy atom. The molecule has 1 aromatic heterocycles. The van der Waals surface area contributed by atoms with Crippen LogP contribution in [0.3, 0.4) is 0 Å². The van der Waals surface area contributed by atoms with Gasteiger partial charge < -0.3 is 13.9 Å². The summed E-state index contributed by atoms with van der Waals surface area (Å²) in [4.78, 5) is 14.7. The van der Waals surface area contributed by atoms with Gasteiger partial charge in [0.05, 0.1) is 0 Å². The van der Waals surface area contributed by atoms with E-state index in [4.69, 9.17) is 0 Å². The van der Waals surface area contributed by atoms with Crippen LogP contribution in [0.5, 0.6) is 0 Å². The first kappa shape index (κ1) is 21.3. The first-order valence-electron chi connectivity index (χ1n) is 5.21. The van der Waals surface area contributed by atoms with Gasteiger partial charge in [-0.1, -0.05) is 0 Å². The van der Waals surface area contributed by atoms with Crippen LogP contribution in [0, 0.1) is 0 Å². The van der Waals surface area contributed by atoms with Gasteiger partial charge in [-0.25, -0.2) is 13.4 Å². The maximum atomic E-state index is 13.0. The minimum Gasteiger partial charge on any atom is -0.743 e. The summed E-state index contributed by atoms with van der Waals surface area (Å²) in [6.07, 6.45) is 0.512. The van der Waals surface area contributed by atoms with Crippen molar-refractivity contribution in [3.8, 4) is 0 Å². The van der Waals surface area contributed by atoms with Gasteiger partial charge in [-0.05, 0) is 0 Å². The third kappa shape index (κ3) is 4.65. The van der Waals surface area contributed by atoms with Gasteiger partial charge in [-0.15, -0.1) is 0 Å². The Kier molecular flexibility index (Phi) is 7.03. The van der Waals surface area contributed by atoms with Gasteiger partial charge in [0.15, 0.2) is 10.1 Å². The molecule has 1 aromatic rings. The smallest absolute Gasteiger partial charge is 0.743 e. The van der Waals surface area contributed by atoms with Crippen LogP contribution in [0.1, 0.15) is 12.2 Å². The van der Waals surface area contributed by atoms with Crippen LogP contribution in [0.4, 0.5) is 17.6 Å². The van der Waals surface area contributed by atoms with Gasteiger partial charge in [-0.3, -0.25) is 4.79 Å². The van der Waals surface area contributed by atoms with Crippen LogP contribution in [-0.2, 0) is 33.3 Å². The Bertz CT molecular complexity index is 634. The number of aryl methyl sites for hydroxylation is 1. The molecule has 22 heavy (non-hydrogen) atoms. The Labute approximate surface area is 144 Å². The summed E-state index contributed by atoms with van der Waals surface area (Å²) in [6.45, 7) is -0.575. The zero-order valence-corrected chi connectivity index (χ0v) is 14.2. The summed E-state index contributed by atoms with van der Waals surface area (Å²) in [5.41, 5.74) is 0. The van der Waals surface area contributed by atoms with E-state index in [1.165, 1.54) is 24.0 Å². The molecule has 13 heteroatoms. The number of rotatable bonds is 6. The van der Waals surface area contributed by atoms with Crippen LogP contribution >= 0.6 is 0 Å². The fourth-order valence-electron chi connectivity index (χ4n) is 1.20. The second kappa shape index (κ2) is 7.25. The van der Waals surface area contributed by atoms with E-state index in [2.05, 4.69) is 9.72 Å². The van der Waals surface area contributed by atoms with Crippen molar-refractivity contribution < 1.29 is 69.6 Å². The molecule has 1 rings (SSSR count). The minimum absolute atomic E-state index is 0. The van der Waals surface area contributed by atoms with Crippen molar-refractivity contribution in [1.82, 2.24) is 9.55 Å². The van der Waals surface area contributed by atoms with Crippen LogP contribution in [0.25, 0.3) is 0 Å². The zero-order valence-electron chi connectivity index (χ0n) is 11.4. The first-order valence-corrected chi connectivity index (χ1v) is 6.62. The van der Waals surface area contributed by atoms with Crippen molar-refractivity contribution in [3.63, 3.8) is 0 Å². The maximum absolute atomic E-state index is 13.0. The monoisotopic (exact) mass is 356 g/mol. The number of carbonyl (C=O) groups is 1. The molecule has 0 N–H and O–H groups in total. The van der Waals surface area contributed by atoms with Crippen molar-refractivity contribution in [1.29, 1.82) is 0 Å². The summed E-state index contributed by atoms with van der Waals surface area (Å²) in [6, 6.07) is 0. The number of hydrogen-bond donors (Lipinski definition) is 0. The number of imidazole rings is 1. The second-order valence-corrected chi connectivity index (χ2v) is 5.39. The van der Waals surface area contributed by atoms with E-state index in [9.17, 15) is 35.3 Å². The first-order chi connectivity index (χ1) is 9.38. The van der Waals surface area contributed by atoms with Crippen molar-refractivity contribution in [3.05, 3.63) is 18.2 Å². The fourth-order valence-corrected chi connectivity index (χ4v) is 1.64. The molecule has 0 aliphatic heterocycles. The molecule has 120 valence electrons. The molecule has 0 atom stereocenters. The zero-order chi connectivity index (χ0) is 16.5. The number of aromatic nitrogens is 2. The third-order valence-electron chi connectivity index (χ3n) is 2.39. The quantitative estimate of drug-likeness (QED) is 0.244. The summed E-state index contributed by atoms with van der Waals surface area (Å²) in [5, 5.41) is -5.91. The number of alkyl halides is 4. The van der Waals surface area contributed by atoms with Gasteiger partial charge in [0.25, 0.3) is 0 Å². The number of esters is 1. The number of nitrogens with zero attached hydrogens (tertiary/aromatic N) is 2. The average Bonchev–Trinajstić information content (AvgIpc) is 2.70. The third-order valence-corrected chi connectivity index (χ3v) is 3.32. The summed E-state index contributed by atoms with van der Waals surface area (Å²) in [7, 11) is -5.13. The van der Waals surface area contributed by atoms with E-state index in [0.29, 0.717) is 0 Å². The number of hydrogen-bond acceptors (Lipinski definition) is 6. The van der Waals surface area contributed by atoms with Gasteiger partial charge >= 0.3 is 46.7 Å². The average molecular weight is 356 g/mol. The molecule has 0 radical (unpaired) electrons. The van der Waals surface area contributed by atoms with Gasteiger partial charge in [0.1, 0.15) is 18.9 Å². The molecule has 0 amide bonds. The maximum Gasteiger partial charge on any atom is 1.00 e. The number of carbonyl (C=O) groups excluding carboxylic acids is 1. The van der Waals surface area contributed by atoms with E-state index < -0.39 is 40.3 Å². The molecular weight excluding hydrogens is 347 g/mol. The Morgan fingerprint density at radius 3 is 2.36 bits per heavy atom. The molecule has 0 aliphatic rings. The molecule has 0 saturated carbocycles. The fraction of sp³-hybridized carbons (Fsp3) is 0.556. The molecule has 7 nitrogen and oxygen atoms in total. The van der Waals surface area contributed by atoms with E-state index in [-0.39, 0.29) is 35.4 Å². The summed E-state index contributed by atoms with van der Waals surface area (Å²) in [5.74, 6) is -7.03. The van der Waals surface area contributed by atoms with Crippen molar-refractivity contribution in [2.45, 2.75) is 24.2 Å². The summed E-state index contributed by atoms with van der Waals surface area (Å²) < 4.78 is 87.6. The molecule has 0 saturated heterocycles. The van der Waals surface area contributed by atoms with Gasteiger partial charge in [-0.2, -0.15) is 17.6 Å². The largest absolute Gasteiger partial charge is 1.00 e. The number of ether oxygens (including phenoxy) is 1. The number of halogens is 4. The van der Waals surface area contributed by atoms with Crippen molar-refractivity contribution in [2.24, 2.45) is 7.05 Å². The molecule has 0 spiro atoms. The van der Waals surface area contributed by atoms with E-state index in [1.54, 1.807) is 0 Å². The van der Waals surface area contributed by atoms with Crippen LogP contribution < -0.4 is 29.6 Å². The second-order valence-electron chi connectivity index (χ2n) is 3.97. The molecule has 0 aromatic carbocycles. The SMILES string of the molecule is Cn1ccnc1COC(=O)CC(F)(F)C(F)(F)S(=O)(=O)[O-].[Na+]. The molecule has 0 fully saturated rings. The topological polar surface area (TPSA) is 101 Å². The molecule has 1 heterocycles. The van der Waals surface area contributed by atoms with Crippen molar-refractivity contribution in [2.75, 3.05) is 0 Å². The van der Waals surface area contributed by atoms with E-state index >= 15 is 0 Å². The molecule has 0 unspecified atom stereocenters. The van der Waals surface area contributed by atoms with Crippen molar-refractivity contribution >= 4 is 16.1 Å². The molecular formula is C9H9F4N2NaO5S. The predicted octanol–water partition coefficient (Wildman–Crippen LogP) is -2.37. The normalized spacial score (nSPS) is 12.6. The molecule has 0 aliphatic carbocycles. The van der Waals surface area contributed by atoms with E-state index in [1.807, 2.05) is 0 Å². The van der Waals surface area contributed by atoms with Crippen LogP contribution in [-0.4, -0.2) is 39.7 Å².